The van der Waals surface area contributed by atoms with Gasteiger partial charge in [0.15, 0.2) is 0 Å². The van der Waals surface area contributed by atoms with E-state index in [2.05, 4.69) is 11.3 Å². The molecule has 1 aromatic rings. The topological polar surface area (TPSA) is 35.5 Å². The summed E-state index contributed by atoms with van der Waals surface area (Å²) in [5, 5.41) is 0. The third kappa shape index (κ3) is 1.26. The van der Waals surface area contributed by atoms with Crippen LogP contribution in [0.3, 0.4) is 0 Å². The van der Waals surface area contributed by atoms with E-state index in [9.17, 15) is 4.79 Å². The van der Waals surface area contributed by atoms with Gasteiger partial charge in [0.25, 0.3) is 0 Å². The molecule has 2 rings (SSSR count). The highest BCUT2D eigenvalue weighted by atomic mass is 16.5. The molecule has 0 saturated heterocycles. The predicted octanol–water partition coefficient (Wildman–Crippen LogP) is 1.37. The van der Waals surface area contributed by atoms with Crippen molar-refractivity contribution in [2.45, 2.75) is 5.92 Å². The smallest absolute Gasteiger partial charge is 0.317 e. The molecule has 1 heterocycles. The SMILES string of the molecule is COC(=O)C1[C]Oc2ccccc21. The van der Waals surface area contributed by atoms with Crippen LogP contribution in [0.4, 0.5) is 0 Å². The highest BCUT2D eigenvalue weighted by molar-refractivity contribution is 5.81. The van der Waals surface area contributed by atoms with Crippen molar-refractivity contribution in [1.82, 2.24) is 0 Å². The number of carbonyl (C=O) groups excluding carboxylic acids is 1. The summed E-state index contributed by atoms with van der Waals surface area (Å²) in [4.78, 5) is 11.2. The molecule has 0 spiro atoms. The fourth-order valence-electron chi connectivity index (χ4n) is 1.29. The molecule has 3 heteroatoms. The van der Waals surface area contributed by atoms with Crippen molar-refractivity contribution < 1.29 is 14.3 Å². The molecule has 3 nitrogen and oxygen atoms in total. The molecule has 1 unspecified atom stereocenters. The van der Waals surface area contributed by atoms with Gasteiger partial charge in [-0.1, -0.05) is 18.2 Å². The minimum Gasteiger partial charge on any atom is -0.477 e. The number of ether oxygens (including phenoxy) is 2. The van der Waals surface area contributed by atoms with Gasteiger partial charge in [0.2, 0.25) is 6.61 Å². The summed E-state index contributed by atoms with van der Waals surface area (Å²) in [6, 6.07) is 7.33. The summed E-state index contributed by atoms with van der Waals surface area (Å²) in [6.45, 7) is 2.60. The fraction of sp³-hybridized carbons (Fsp3) is 0.200. The number of benzene rings is 1. The first-order valence-corrected chi connectivity index (χ1v) is 3.92. The van der Waals surface area contributed by atoms with Gasteiger partial charge in [-0.25, -0.2) is 0 Å². The molecule has 1 aromatic carbocycles. The van der Waals surface area contributed by atoms with E-state index in [4.69, 9.17) is 4.74 Å². The first kappa shape index (κ1) is 8.10. The molecule has 0 aromatic heterocycles. The van der Waals surface area contributed by atoms with Gasteiger partial charge in [-0.05, 0) is 6.07 Å². The summed E-state index contributed by atoms with van der Waals surface area (Å²) >= 11 is 0. The van der Waals surface area contributed by atoms with E-state index in [0.29, 0.717) is 5.75 Å². The Balaban J connectivity index is 2.33. The van der Waals surface area contributed by atoms with Gasteiger partial charge < -0.3 is 9.47 Å². The Bertz CT molecular complexity index is 333. The maximum atomic E-state index is 11.2. The molecule has 66 valence electrons. The van der Waals surface area contributed by atoms with Crippen LogP contribution in [0.15, 0.2) is 24.3 Å². The average molecular weight is 176 g/mol. The summed E-state index contributed by atoms with van der Waals surface area (Å²) in [5.41, 5.74) is 0.814. The Morgan fingerprint density at radius 3 is 3.08 bits per heavy atom. The Labute approximate surface area is 76.3 Å². The van der Waals surface area contributed by atoms with E-state index in [1.165, 1.54) is 7.11 Å². The normalized spacial score (nSPS) is 19.0. The Kier molecular flexibility index (Phi) is 1.93. The second-order valence-electron chi connectivity index (χ2n) is 2.71. The zero-order chi connectivity index (χ0) is 9.26. The fourth-order valence-corrected chi connectivity index (χ4v) is 1.29. The molecule has 0 bridgehead atoms. The number of fused-ring (bicyclic) bond motifs is 1. The summed E-state index contributed by atoms with van der Waals surface area (Å²) in [5.74, 6) is -0.163. The minimum absolute atomic E-state index is 0.343. The van der Waals surface area contributed by atoms with E-state index >= 15 is 0 Å². The van der Waals surface area contributed by atoms with Crippen molar-refractivity contribution >= 4 is 5.97 Å². The van der Waals surface area contributed by atoms with Gasteiger partial charge in [-0.2, -0.15) is 0 Å². The van der Waals surface area contributed by atoms with Crippen LogP contribution in [0.1, 0.15) is 11.5 Å². The van der Waals surface area contributed by atoms with E-state index in [1.807, 2.05) is 18.2 Å². The summed E-state index contributed by atoms with van der Waals surface area (Å²) in [7, 11) is 1.35. The number of hydrogen-bond acceptors (Lipinski definition) is 3. The highest BCUT2D eigenvalue weighted by Gasteiger charge is 2.32. The lowest BCUT2D eigenvalue weighted by atomic mass is 10.0. The van der Waals surface area contributed by atoms with Crippen LogP contribution in [0.25, 0.3) is 0 Å². The van der Waals surface area contributed by atoms with Crippen LogP contribution in [-0.4, -0.2) is 13.1 Å². The molecule has 1 atom stereocenters. The predicted molar refractivity (Wildman–Crippen MR) is 45.1 cm³/mol. The number of rotatable bonds is 1. The Morgan fingerprint density at radius 2 is 2.31 bits per heavy atom. The summed E-state index contributed by atoms with van der Waals surface area (Å²) in [6.07, 6.45) is 0. The lowest BCUT2D eigenvalue weighted by Gasteiger charge is -2.03. The van der Waals surface area contributed by atoms with Gasteiger partial charge in [0, 0.05) is 5.56 Å². The quantitative estimate of drug-likeness (QED) is 0.606. The van der Waals surface area contributed by atoms with Crippen molar-refractivity contribution in [3.63, 3.8) is 0 Å². The number of carbonyl (C=O) groups is 1. The van der Waals surface area contributed by atoms with Crippen molar-refractivity contribution in [2.24, 2.45) is 0 Å². The highest BCUT2D eigenvalue weighted by Crippen LogP contribution is 2.36. The van der Waals surface area contributed by atoms with Gasteiger partial charge >= 0.3 is 5.97 Å². The monoisotopic (exact) mass is 176 g/mol. The molecule has 1 aliphatic rings. The number of para-hydroxylation sites is 1. The standard InChI is InChI=1S/C10H8O3/c1-12-10(11)8-6-13-9-5-3-2-4-7(8)9/h2-5,8H,1H3. The van der Waals surface area contributed by atoms with Crippen molar-refractivity contribution in [2.75, 3.05) is 7.11 Å². The average Bonchev–Trinajstić information content (AvgIpc) is 2.60. The molecular formula is C10H8O3. The summed E-state index contributed by atoms with van der Waals surface area (Å²) < 4.78 is 9.69. The van der Waals surface area contributed by atoms with Crippen LogP contribution in [0.5, 0.6) is 5.75 Å². The second-order valence-corrected chi connectivity index (χ2v) is 2.71. The number of esters is 1. The molecule has 2 radical (unpaired) electrons. The van der Waals surface area contributed by atoms with Gasteiger partial charge in [0.05, 0.1) is 7.11 Å². The minimum atomic E-state index is -0.499. The maximum absolute atomic E-state index is 11.2. The molecular weight excluding hydrogens is 168 g/mol. The van der Waals surface area contributed by atoms with Gasteiger partial charge in [-0.3, -0.25) is 4.79 Å². The number of hydrogen-bond donors (Lipinski definition) is 0. The van der Waals surface area contributed by atoms with E-state index in [1.54, 1.807) is 6.07 Å². The lowest BCUT2D eigenvalue weighted by molar-refractivity contribution is -0.141. The van der Waals surface area contributed by atoms with Crippen LogP contribution in [0.2, 0.25) is 0 Å². The Hall–Kier alpha value is -1.51. The van der Waals surface area contributed by atoms with E-state index in [0.717, 1.165) is 5.56 Å². The molecule has 13 heavy (non-hydrogen) atoms. The molecule has 0 N–H and O–H groups in total. The zero-order valence-electron chi connectivity index (χ0n) is 7.11. The second kappa shape index (κ2) is 3.09. The zero-order valence-corrected chi connectivity index (χ0v) is 7.11. The van der Waals surface area contributed by atoms with Gasteiger partial charge in [0.1, 0.15) is 11.7 Å². The molecule has 0 fully saturated rings. The van der Waals surface area contributed by atoms with Crippen molar-refractivity contribution in [3.8, 4) is 5.75 Å². The molecule has 0 amide bonds. The first-order chi connectivity index (χ1) is 6.33. The van der Waals surface area contributed by atoms with E-state index < -0.39 is 5.92 Å². The maximum Gasteiger partial charge on any atom is 0.317 e. The van der Waals surface area contributed by atoms with Crippen LogP contribution < -0.4 is 4.74 Å². The Morgan fingerprint density at radius 1 is 1.54 bits per heavy atom. The van der Waals surface area contributed by atoms with E-state index in [-0.39, 0.29) is 5.97 Å². The molecule has 0 saturated carbocycles. The molecule has 1 aliphatic heterocycles. The molecule has 0 aliphatic carbocycles. The van der Waals surface area contributed by atoms with Crippen LogP contribution in [-0.2, 0) is 9.53 Å². The van der Waals surface area contributed by atoms with Crippen molar-refractivity contribution in [1.29, 1.82) is 0 Å². The van der Waals surface area contributed by atoms with Crippen LogP contribution >= 0.6 is 0 Å². The largest absolute Gasteiger partial charge is 0.477 e. The van der Waals surface area contributed by atoms with Gasteiger partial charge in [-0.15, -0.1) is 0 Å². The third-order valence-corrected chi connectivity index (χ3v) is 1.95. The van der Waals surface area contributed by atoms with Crippen LogP contribution in [0, 0.1) is 6.61 Å². The first-order valence-electron chi connectivity index (χ1n) is 3.92. The van der Waals surface area contributed by atoms with Crippen molar-refractivity contribution in [3.05, 3.63) is 36.4 Å². The lowest BCUT2D eigenvalue weighted by Crippen LogP contribution is -2.11. The number of methoxy groups -OCH3 is 1. The third-order valence-electron chi connectivity index (χ3n) is 1.95.